The topological polar surface area (TPSA) is 72.5 Å². The predicted octanol–water partition coefficient (Wildman–Crippen LogP) is 2.61. The molecule has 5 heteroatoms. The molecule has 0 unspecified atom stereocenters. The summed E-state index contributed by atoms with van der Waals surface area (Å²) < 4.78 is 5.49. The molecule has 0 spiro atoms. The highest BCUT2D eigenvalue weighted by Gasteiger charge is 2.09. The number of carboxylic acids is 1. The van der Waals surface area contributed by atoms with Crippen molar-refractivity contribution in [1.82, 2.24) is 0 Å². The number of aromatic carboxylic acids is 1. The van der Waals surface area contributed by atoms with Gasteiger partial charge in [0.25, 0.3) is 0 Å². The lowest BCUT2D eigenvalue weighted by atomic mass is 10.2. The first-order chi connectivity index (χ1) is 8.16. The molecule has 0 saturated heterocycles. The molecule has 1 aromatic heterocycles. The van der Waals surface area contributed by atoms with Crippen LogP contribution in [0.2, 0.25) is 0 Å². The van der Waals surface area contributed by atoms with Gasteiger partial charge in [-0.05, 0) is 29.6 Å². The van der Waals surface area contributed by atoms with Crippen LogP contribution in [-0.4, -0.2) is 11.1 Å². The second kappa shape index (κ2) is 4.88. The Kier molecular flexibility index (Phi) is 3.30. The third kappa shape index (κ3) is 2.76. The third-order valence-electron chi connectivity index (χ3n) is 2.22. The smallest absolute Gasteiger partial charge is 0.337 e. The summed E-state index contributed by atoms with van der Waals surface area (Å²) in [6.45, 7) is 0.431. The van der Waals surface area contributed by atoms with E-state index in [2.05, 4.69) is 0 Å². The number of carbonyl (C=O) groups is 1. The van der Waals surface area contributed by atoms with Gasteiger partial charge in [0.1, 0.15) is 12.4 Å². The van der Waals surface area contributed by atoms with Crippen LogP contribution in [0, 0.1) is 0 Å². The van der Waals surface area contributed by atoms with Crippen molar-refractivity contribution in [3.8, 4) is 5.75 Å². The Morgan fingerprint density at radius 2 is 2.24 bits per heavy atom. The first kappa shape index (κ1) is 11.5. The Balaban J connectivity index is 2.11. The number of rotatable bonds is 4. The van der Waals surface area contributed by atoms with Gasteiger partial charge >= 0.3 is 5.97 Å². The van der Waals surface area contributed by atoms with Crippen LogP contribution < -0.4 is 10.5 Å². The molecule has 0 atom stereocenters. The minimum absolute atomic E-state index is 0.0636. The maximum atomic E-state index is 10.9. The number of carboxylic acid groups (broad SMARTS) is 1. The Morgan fingerprint density at radius 1 is 1.41 bits per heavy atom. The van der Waals surface area contributed by atoms with Crippen molar-refractivity contribution in [3.05, 3.63) is 46.2 Å². The number of nitrogen functional groups attached to an aromatic ring is 1. The average molecular weight is 249 g/mol. The number of nitrogens with two attached hydrogens (primary N) is 1. The zero-order chi connectivity index (χ0) is 12.3. The van der Waals surface area contributed by atoms with Crippen molar-refractivity contribution in [3.63, 3.8) is 0 Å². The monoisotopic (exact) mass is 249 g/mol. The SMILES string of the molecule is Nc1ccc(OCc2cccs2)cc1C(=O)O. The highest BCUT2D eigenvalue weighted by Crippen LogP contribution is 2.21. The number of ether oxygens (including phenoxy) is 1. The molecule has 0 aliphatic rings. The lowest BCUT2D eigenvalue weighted by Gasteiger charge is -2.07. The number of thiophene rings is 1. The summed E-state index contributed by atoms with van der Waals surface area (Å²) in [5, 5.41) is 10.9. The minimum atomic E-state index is -1.05. The largest absolute Gasteiger partial charge is 0.488 e. The minimum Gasteiger partial charge on any atom is -0.488 e. The van der Waals surface area contributed by atoms with Crippen molar-refractivity contribution in [2.45, 2.75) is 6.61 Å². The second-order valence-corrected chi connectivity index (χ2v) is 4.45. The number of benzene rings is 1. The van der Waals surface area contributed by atoms with Gasteiger partial charge in [0.2, 0.25) is 0 Å². The molecule has 0 fully saturated rings. The molecular weight excluding hydrogens is 238 g/mol. The van der Waals surface area contributed by atoms with E-state index in [0.717, 1.165) is 4.88 Å². The summed E-state index contributed by atoms with van der Waals surface area (Å²) in [5.74, 6) is -0.547. The van der Waals surface area contributed by atoms with Gasteiger partial charge in [0, 0.05) is 10.6 Å². The van der Waals surface area contributed by atoms with Gasteiger partial charge in [-0.1, -0.05) is 6.07 Å². The zero-order valence-electron chi connectivity index (χ0n) is 8.92. The first-order valence-electron chi connectivity index (χ1n) is 4.95. The van der Waals surface area contributed by atoms with E-state index in [1.54, 1.807) is 17.4 Å². The van der Waals surface area contributed by atoms with Crippen LogP contribution in [0.25, 0.3) is 0 Å². The van der Waals surface area contributed by atoms with E-state index in [9.17, 15) is 4.79 Å². The van der Waals surface area contributed by atoms with Crippen molar-refractivity contribution in [1.29, 1.82) is 0 Å². The Hall–Kier alpha value is -2.01. The molecule has 17 heavy (non-hydrogen) atoms. The fraction of sp³-hybridized carbons (Fsp3) is 0.0833. The molecule has 1 aromatic carbocycles. The van der Waals surface area contributed by atoms with Gasteiger partial charge in [-0.25, -0.2) is 4.79 Å². The Morgan fingerprint density at radius 3 is 2.88 bits per heavy atom. The Labute approximate surface area is 102 Å². The van der Waals surface area contributed by atoms with Crippen molar-refractivity contribution in [2.24, 2.45) is 0 Å². The van der Waals surface area contributed by atoms with E-state index in [0.29, 0.717) is 12.4 Å². The van der Waals surface area contributed by atoms with E-state index < -0.39 is 5.97 Å². The first-order valence-corrected chi connectivity index (χ1v) is 5.83. The van der Waals surface area contributed by atoms with Gasteiger partial charge in [-0.3, -0.25) is 0 Å². The maximum absolute atomic E-state index is 10.9. The summed E-state index contributed by atoms with van der Waals surface area (Å²) >= 11 is 1.59. The number of anilines is 1. The van der Waals surface area contributed by atoms with E-state index in [1.807, 2.05) is 17.5 Å². The maximum Gasteiger partial charge on any atom is 0.337 e. The number of hydrogen-bond donors (Lipinski definition) is 2. The Bertz CT molecular complexity index is 523. The van der Waals surface area contributed by atoms with Crippen LogP contribution in [0.1, 0.15) is 15.2 Å². The van der Waals surface area contributed by atoms with Gasteiger partial charge in [-0.2, -0.15) is 0 Å². The highest BCUT2D eigenvalue weighted by molar-refractivity contribution is 7.09. The molecule has 0 aliphatic heterocycles. The van der Waals surface area contributed by atoms with E-state index >= 15 is 0 Å². The molecule has 0 saturated carbocycles. The summed E-state index contributed by atoms with van der Waals surface area (Å²) in [6.07, 6.45) is 0. The molecule has 0 aliphatic carbocycles. The standard InChI is InChI=1S/C12H11NO3S/c13-11-4-3-8(6-10(11)12(14)15)16-7-9-2-1-5-17-9/h1-6H,7,13H2,(H,14,15). The van der Waals surface area contributed by atoms with Gasteiger partial charge < -0.3 is 15.6 Å². The second-order valence-electron chi connectivity index (χ2n) is 3.42. The van der Waals surface area contributed by atoms with E-state index in [-0.39, 0.29) is 11.3 Å². The van der Waals surface area contributed by atoms with Crippen LogP contribution in [0.15, 0.2) is 35.7 Å². The van der Waals surface area contributed by atoms with Gasteiger partial charge in [-0.15, -0.1) is 11.3 Å². The number of hydrogen-bond acceptors (Lipinski definition) is 4. The fourth-order valence-electron chi connectivity index (χ4n) is 1.36. The molecule has 0 amide bonds. The van der Waals surface area contributed by atoms with Crippen LogP contribution in [0.5, 0.6) is 5.75 Å². The molecule has 0 radical (unpaired) electrons. The average Bonchev–Trinajstić information content (AvgIpc) is 2.80. The molecule has 4 nitrogen and oxygen atoms in total. The molecular formula is C12H11NO3S. The molecule has 0 bridgehead atoms. The molecule has 2 rings (SSSR count). The molecule has 3 N–H and O–H groups in total. The predicted molar refractivity (Wildman–Crippen MR) is 66.5 cm³/mol. The quantitative estimate of drug-likeness (QED) is 0.817. The van der Waals surface area contributed by atoms with Crippen LogP contribution >= 0.6 is 11.3 Å². The summed E-state index contributed by atoms with van der Waals surface area (Å²) in [6, 6.07) is 8.53. The summed E-state index contributed by atoms with van der Waals surface area (Å²) in [7, 11) is 0. The van der Waals surface area contributed by atoms with E-state index in [4.69, 9.17) is 15.6 Å². The van der Waals surface area contributed by atoms with Crippen LogP contribution in [0.4, 0.5) is 5.69 Å². The third-order valence-corrected chi connectivity index (χ3v) is 3.07. The molecule has 1 heterocycles. The lowest BCUT2D eigenvalue weighted by molar-refractivity contribution is 0.0697. The zero-order valence-corrected chi connectivity index (χ0v) is 9.74. The van der Waals surface area contributed by atoms with Crippen molar-refractivity contribution in [2.75, 3.05) is 5.73 Å². The van der Waals surface area contributed by atoms with Gasteiger partial charge in [0.05, 0.1) is 5.56 Å². The summed E-state index contributed by atoms with van der Waals surface area (Å²) in [5.41, 5.74) is 5.85. The molecule has 2 aromatic rings. The van der Waals surface area contributed by atoms with Crippen LogP contribution in [0.3, 0.4) is 0 Å². The highest BCUT2D eigenvalue weighted by atomic mass is 32.1. The summed E-state index contributed by atoms with van der Waals surface area (Å²) in [4.78, 5) is 12.0. The van der Waals surface area contributed by atoms with Gasteiger partial charge in [0.15, 0.2) is 0 Å². The normalized spacial score (nSPS) is 10.1. The van der Waals surface area contributed by atoms with E-state index in [1.165, 1.54) is 12.1 Å². The molecule has 88 valence electrons. The lowest BCUT2D eigenvalue weighted by Crippen LogP contribution is -2.03. The van der Waals surface area contributed by atoms with Crippen molar-refractivity contribution < 1.29 is 14.6 Å². The van der Waals surface area contributed by atoms with Crippen molar-refractivity contribution >= 4 is 23.0 Å². The fourth-order valence-corrected chi connectivity index (χ4v) is 1.98. The van der Waals surface area contributed by atoms with Crippen LogP contribution in [-0.2, 0) is 6.61 Å².